The summed E-state index contributed by atoms with van der Waals surface area (Å²) in [4.78, 5) is 0. The van der Waals surface area contributed by atoms with Crippen LogP contribution in [0.1, 0.15) is 32.1 Å². The fraction of sp³-hybridized carbons (Fsp3) is 0.625. The van der Waals surface area contributed by atoms with Crippen LogP contribution in [0, 0.1) is 23.7 Å². The molecule has 2 nitrogen and oxygen atoms in total. The van der Waals surface area contributed by atoms with E-state index in [4.69, 9.17) is 9.47 Å². The van der Waals surface area contributed by atoms with E-state index in [1.165, 1.54) is 32.1 Å². The molecule has 0 unspecified atom stereocenters. The van der Waals surface area contributed by atoms with Crippen LogP contribution in [0.4, 0.5) is 0 Å². The highest BCUT2D eigenvalue weighted by Crippen LogP contribution is 2.62. The minimum Gasteiger partial charge on any atom is -0.448 e. The third kappa shape index (κ3) is 1.50. The van der Waals surface area contributed by atoms with Gasteiger partial charge in [0, 0.05) is 20.8 Å². The Balaban J connectivity index is 1.57. The number of hydrogen-bond donors (Lipinski definition) is 0. The number of hydrogen-bond acceptors (Lipinski definition) is 2. The molecule has 4 heteroatoms. The lowest BCUT2D eigenvalue weighted by Crippen LogP contribution is -2.62. The van der Waals surface area contributed by atoms with Gasteiger partial charge in [-0.2, -0.15) is 0 Å². The van der Waals surface area contributed by atoms with Crippen LogP contribution in [0.25, 0.3) is 0 Å². The maximum atomic E-state index is 6.43. The second kappa shape index (κ2) is 3.95. The van der Waals surface area contributed by atoms with E-state index in [0.717, 1.165) is 32.3 Å². The normalized spacial score (nSPS) is 38.7. The second-order valence-corrected chi connectivity index (χ2v) is 8.65. The predicted molar refractivity (Wildman–Crippen MR) is 82.9 cm³/mol. The Hall–Kier alpha value is -0.220. The summed E-state index contributed by atoms with van der Waals surface area (Å²) in [6.07, 6.45) is 6.63. The number of ether oxygens (including phenoxy) is 2. The van der Waals surface area contributed by atoms with Gasteiger partial charge in [0.15, 0.2) is 11.5 Å². The van der Waals surface area contributed by atoms with Gasteiger partial charge in [0.1, 0.15) is 0 Å². The molecule has 0 saturated heterocycles. The number of fused-ring (bicyclic) bond motifs is 1. The van der Waals surface area contributed by atoms with E-state index in [1.807, 2.05) is 12.1 Å². The lowest BCUT2D eigenvalue weighted by atomic mass is 9.53. The largest absolute Gasteiger partial charge is 0.448 e. The Bertz CT molecular complexity index is 537. The zero-order valence-electron chi connectivity index (χ0n) is 11.1. The van der Waals surface area contributed by atoms with Crippen LogP contribution < -0.4 is 9.47 Å². The smallest absolute Gasteiger partial charge is 0.257 e. The maximum Gasteiger partial charge on any atom is 0.257 e. The van der Waals surface area contributed by atoms with Crippen molar-refractivity contribution < 1.29 is 9.47 Å². The Morgan fingerprint density at radius 3 is 1.70 bits per heavy atom. The van der Waals surface area contributed by atoms with Crippen molar-refractivity contribution in [2.45, 2.75) is 37.9 Å². The van der Waals surface area contributed by atoms with Crippen LogP contribution in [0.15, 0.2) is 21.1 Å². The lowest BCUT2D eigenvalue weighted by Gasteiger charge is -2.57. The highest BCUT2D eigenvalue weighted by Gasteiger charge is 2.63. The molecule has 5 aliphatic rings. The fourth-order valence-corrected chi connectivity index (χ4v) is 5.85. The summed E-state index contributed by atoms with van der Waals surface area (Å²) in [5, 5.41) is 0. The van der Waals surface area contributed by atoms with Crippen LogP contribution in [-0.4, -0.2) is 5.79 Å². The molecule has 4 saturated carbocycles. The molecular formula is C16H16Br2O2. The quantitative estimate of drug-likeness (QED) is 0.601. The van der Waals surface area contributed by atoms with E-state index >= 15 is 0 Å². The van der Waals surface area contributed by atoms with E-state index in [0.29, 0.717) is 11.8 Å². The molecular weight excluding hydrogens is 384 g/mol. The Morgan fingerprint density at radius 2 is 1.25 bits per heavy atom. The molecule has 0 radical (unpaired) electrons. The third-order valence-electron chi connectivity index (χ3n) is 5.80. The standard InChI is InChI=1S/C16H16Br2O2/c17-12-6-14-15(7-13(12)18)20-16(19-14)10-2-8-1-9(4-10)5-11(16)3-8/h6-11H,1-5H2. The molecule has 1 aromatic carbocycles. The number of halogens is 2. The van der Waals surface area contributed by atoms with Gasteiger partial charge in [-0.25, -0.2) is 0 Å². The molecule has 0 atom stereocenters. The van der Waals surface area contributed by atoms with E-state index in [9.17, 15) is 0 Å². The van der Waals surface area contributed by atoms with Gasteiger partial charge in [-0.15, -0.1) is 0 Å². The molecule has 1 aromatic rings. The average Bonchev–Trinajstić information content (AvgIpc) is 2.75. The van der Waals surface area contributed by atoms with E-state index in [-0.39, 0.29) is 5.79 Å². The summed E-state index contributed by atoms with van der Waals surface area (Å²) in [5.74, 6) is 4.50. The van der Waals surface area contributed by atoms with Crippen molar-refractivity contribution in [2.24, 2.45) is 23.7 Å². The van der Waals surface area contributed by atoms with Gasteiger partial charge in [-0.1, -0.05) is 0 Å². The molecule has 0 amide bonds. The van der Waals surface area contributed by atoms with Gasteiger partial charge in [0.25, 0.3) is 5.79 Å². The summed E-state index contributed by atoms with van der Waals surface area (Å²) in [7, 11) is 0. The molecule has 1 aliphatic heterocycles. The zero-order valence-corrected chi connectivity index (χ0v) is 14.2. The van der Waals surface area contributed by atoms with Gasteiger partial charge in [-0.05, 0) is 87.9 Å². The number of rotatable bonds is 0. The molecule has 4 aliphatic carbocycles. The van der Waals surface area contributed by atoms with E-state index < -0.39 is 0 Å². The van der Waals surface area contributed by atoms with Gasteiger partial charge >= 0.3 is 0 Å². The van der Waals surface area contributed by atoms with Crippen LogP contribution in [0.5, 0.6) is 11.5 Å². The molecule has 4 bridgehead atoms. The maximum absolute atomic E-state index is 6.43. The summed E-state index contributed by atoms with van der Waals surface area (Å²) >= 11 is 7.11. The zero-order chi connectivity index (χ0) is 13.5. The monoisotopic (exact) mass is 398 g/mol. The first-order valence-corrected chi connectivity index (χ1v) is 9.09. The summed E-state index contributed by atoms with van der Waals surface area (Å²) < 4.78 is 14.9. The van der Waals surface area contributed by atoms with Crippen molar-refractivity contribution in [1.29, 1.82) is 0 Å². The van der Waals surface area contributed by atoms with Crippen LogP contribution in [0.2, 0.25) is 0 Å². The van der Waals surface area contributed by atoms with Crippen molar-refractivity contribution >= 4 is 31.9 Å². The number of benzene rings is 1. The van der Waals surface area contributed by atoms with Crippen LogP contribution in [0.3, 0.4) is 0 Å². The average molecular weight is 400 g/mol. The predicted octanol–water partition coefficient (Wildman–Crippen LogP) is 5.14. The first-order valence-electron chi connectivity index (χ1n) is 7.51. The van der Waals surface area contributed by atoms with Crippen LogP contribution in [-0.2, 0) is 0 Å². The first kappa shape index (κ1) is 12.3. The first-order chi connectivity index (χ1) is 9.64. The molecule has 1 heterocycles. The molecule has 1 spiro atoms. The van der Waals surface area contributed by atoms with Gasteiger partial charge in [0.2, 0.25) is 0 Å². The fourth-order valence-electron chi connectivity index (χ4n) is 5.21. The summed E-state index contributed by atoms with van der Waals surface area (Å²) in [6, 6.07) is 4.08. The van der Waals surface area contributed by atoms with Gasteiger partial charge in [0.05, 0.1) is 0 Å². The molecule has 0 N–H and O–H groups in total. The Kier molecular flexibility index (Phi) is 2.44. The van der Waals surface area contributed by atoms with Crippen molar-refractivity contribution in [3.8, 4) is 11.5 Å². The SMILES string of the molecule is Brc1cc2c(cc1Br)OC1(O2)C2CC3CC(C2)CC1C3. The lowest BCUT2D eigenvalue weighted by molar-refractivity contribution is -0.241. The van der Waals surface area contributed by atoms with Crippen molar-refractivity contribution in [2.75, 3.05) is 0 Å². The minimum atomic E-state index is -0.351. The highest BCUT2D eigenvalue weighted by atomic mass is 79.9. The molecule has 20 heavy (non-hydrogen) atoms. The minimum absolute atomic E-state index is 0.351. The van der Waals surface area contributed by atoms with E-state index in [2.05, 4.69) is 31.9 Å². The Morgan fingerprint density at radius 1 is 0.800 bits per heavy atom. The van der Waals surface area contributed by atoms with Gasteiger partial charge < -0.3 is 9.47 Å². The second-order valence-electron chi connectivity index (χ2n) is 6.94. The Labute approximate surface area is 135 Å². The highest BCUT2D eigenvalue weighted by molar-refractivity contribution is 9.13. The van der Waals surface area contributed by atoms with E-state index in [1.54, 1.807) is 0 Å². The molecule has 0 aromatic heterocycles. The van der Waals surface area contributed by atoms with Crippen molar-refractivity contribution in [1.82, 2.24) is 0 Å². The molecule has 4 fully saturated rings. The van der Waals surface area contributed by atoms with Crippen LogP contribution >= 0.6 is 31.9 Å². The van der Waals surface area contributed by atoms with Gasteiger partial charge in [-0.3, -0.25) is 0 Å². The molecule has 6 rings (SSSR count). The summed E-state index contributed by atoms with van der Waals surface area (Å²) in [5.41, 5.74) is 0. The summed E-state index contributed by atoms with van der Waals surface area (Å²) in [6.45, 7) is 0. The third-order valence-corrected chi connectivity index (χ3v) is 7.65. The van der Waals surface area contributed by atoms with Crippen molar-refractivity contribution in [3.05, 3.63) is 21.1 Å². The van der Waals surface area contributed by atoms with Crippen molar-refractivity contribution in [3.63, 3.8) is 0 Å². The topological polar surface area (TPSA) is 18.5 Å². The molecule has 106 valence electrons.